The van der Waals surface area contributed by atoms with Crippen LogP contribution in [0.4, 0.5) is 4.79 Å². The molecule has 6 nitrogen and oxygen atoms in total. The van der Waals surface area contributed by atoms with E-state index in [-0.39, 0.29) is 17.6 Å². The molecule has 0 fully saturated rings. The van der Waals surface area contributed by atoms with Crippen molar-refractivity contribution < 1.29 is 4.79 Å². The van der Waals surface area contributed by atoms with Crippen molar-refractivity contribution in [3.05, 3.63) is 70.3 Å². The highest BCUT2D eigenvalue weighted by molar-refractivity contribution is 5.78. The van der Waals surface area contributed by atoms with Crippen LogP contribution in [0.2, 0.25) is 0 Å². The van der Waals surface area contributed by atoms with Gasteiger partial charge < -0.3 is 10.2 Å². The van der Waals surface area contributed by atoms with Gasteiger partial charge in [-0.3, -0.25) is 9.36 Å². The standard InChI is InChI=1S/C26H34N4O2/c1-5-8-11-18-29(26(32)27-7-3)23(6-2)24-28-22-13-10-9-12-21(22)25(31)30(24)20-16-14-19(4)15-17-20/h9-10,12-17,23H,5-8,11,18H2,1-4H3,(H,27,32). The highest BCUT2D eigenvalue weighted by Gasteiger charge is 2.28. The molecular weight excluding hydrogens is 400 g/mol. The quantitative estimate of drug-likeness (QED) is 0.461. The van der Waals surface area contributed by atoms with Gasteiger partial charge in [-0.25, -0.2) is 9.78 Å². The van der Waals surface area contributed by atoms with Gasteiger partial charge in [-0.1, -0.05) is 56.5 Å². The lowest BCUT2D eigenvalue weighted by Gasteiger charge is -2.32. The number of carbonyl (C=O) groups excluding carboxylic acids is 1. The third-order valence-corrected chi connectivity index (χ3v) is 5.75. The molecule has 1 aromatic heterocycles. The lowest BCUT2D eigenvalue weighted by molar-refractivity contribution is 0.167. The lowest BCUT2D eigenvalue weighted by Crippen LogP contribution is -2.44. The van der Waals surface area contributed by atoms with Crippen molar-refractivity contribution in [3.63, 3.8) is 0 Å². The summed E-state index contributed by atoms with van der Waals surface area (Å²) in [7, 11) is 0. The van der Waals surface area contributed by atoms with Crippen molar-refractivity contribution >= 4 is 16.9 Å². The minimum Gasteiger partial charge on any atom is -0.338 e. The summed E-state index contributed by atoms with van der Waals surface area (Å²) >= 11 is 0. The van der Waals surface area contributed by atoms with Crippen LogP contribution in [0.25, 0.3) is 16.6 Å². The number of urea groups is 1. The lowest BCUT2D eigenvalue weighted by atomic mass is 10.1. The molecule has 6 heteroatoms. The van der Waals surface area contributed by atoms with E-state index in [9.17, 15) is 9.59 Å². The van der Waals surface area contributed by atoms with E-state index in [1.54, 1.807) is 4.57 Å². The van der Waals surface area contributed by atoms with Gasteiger partial charge in [-0.2, -0.15) is 0 Å². The molecule has 0 spiro atoms. The molecule has 3 aromatic rings. The summed E-state index contributed by atoms with van der Waals surface area (Å²) in [6.45, 7) is 9.29. The Morgan fingerprint density at radius 3 is 2.44 bits per heavy atom. The smallest absolute Gasteiger partial charge is 0.318 e. The molecule has 1 atom stereocenters. The fraction of sp³-hybridized carbons (Fsp3) is 0.423. The molecule has 0 radical (unpaired) electrons. The second-order valence-corrected chi connectivity index (χ2v) is 8.12. The molecule has 2 amide bonds. The number of para-hydroxylation sites is 1. The van der Waals surface area contributed by atoms with E-state index >= 15 is 0 Å². The van der Waals surface area contributed by atoms with Crippen molar-refractivity contribution in [2.24, 2.45) is 0 Å². The number of hydrogen-bond donors (Lipinski definition) is 1. The number of nitrogens with zero attached hydrogens (tertiary/aromatic N) is 3. The summed E-state index contributed by atoms with van der Waals surface area (Å²) in [6, 6.07) is 14.8. The van der Waals surface area contributed by atoms with Crippen molar-refractivity contribution in [1.82, 2.24) is 19.8 Å². The topological polar surface area (TPSA) is 67.2 Å². The Balaban J connectivity index is 2.22. The normalized spacial score (nSPS) is 12.0. The average Bonchev–Trinajstić information content (AvgIpc) is 2.80. The summed E-state index contributed by atoms with van der Waals surface area (Å²) < 4.78 is 1.68. The zero-order valence-electron chi connectivity index (χ0n) is 19.6. The molecule has 0 bridgehead atoms. The first-order valence-corrected chi connectivity index (χ1v) is 11.6. The number of aryl methyl sites for hydroxylation is 1. The Kier molecular flexibility index (Phi) is 8.03. The fourth-order valence-corrected chi connectivity index (χ4v) is 4.04. The van der Waals surface area contributed by atoms with E-state index < -0.39 is 0 Å². The highest BCUT2D eigenvalue weighted by Crippen LogP contribution is 2.26. The van der Waals surface area contributed by atoms with Crippen molar-refractivity contribution in [3.8, 4) is 5.69 Å². The maximum Gasteiger partial charge on any atom is 0.318 e. The first-order chi connectivity index (χ1) is 15.5. The van der Waals surface area contributed by atoms with E-state index in [0.717, 1.165) is 30.5 Å². The summed E-state index contributed by atoms with van der Waals surface area (Å²) in [5, 5.41) is 3.52. The van der Waals surface area contributed by atoms with E-state index in [4.69, 9.17) is 4.98 Å². The Morgan fingerprint density at radius 1 is 1.06 bits per heavy atom. The van der Waals surface area contributed by atoms with Crippen LogP contribution in [0, 0.1) is 6.92 Å². The number of unbranched alkanes of at least 4 members (excludes halogenated alkanes) is 2. The fourth-order valence-electron chi connectivity index (χ4n) is 4.04. The van der Waals surface area contributed by atoms with Gasteiger partial charge in [0, 0.05) is 13.1 Å². The molecule has 1 unspecified atom stereocenters. The summed E-state index contributed by atoms with van der Waals surface area (Å²) in [5.41, 5.74) is 2.42. The molecule has 32 heavy (non-hydrogen) atoms. The van der Waals surface area contributed by atoms with Crippen LogP contribution >= 0.6 is 0 Å². The number of nitrogens with one attached hydrogen (secondary N) is 1. The van der Waals surface area contributed by atoms with Crippen molar-refractivity contribution in [1.29, 1.82) is 0 Å². The zero-order valence-corrected chi connectivity index (χ0v) is 19.6. The van der Waals surface area contributed by atoms with Crippen LogP contribution in [-0.4, -0.2) is 33.6 Å². The summed E-state index contributed by atoms with van der Waals surface area (Å²) in [5.74, 6) is 0.600. The zero-order chi connectivity index (χ0) is 23.1. The number of hydrogen-bond acceptors (Lipinski definition) is 3. The number of benzene rings is 2. The molecule has 1 N–H and O–H groups in total. The average molecular weight is 435 g/mol. The minimum absolute atomic E-state index is 0.114. The summed E-state index contributed by atoms with van der Waals surface area (Å²) in [4.78, 5) is 33.5. The second-order valence-electron chi connectivity index (χ2n) is 8.12. The number of rotatable bonds is 9. The molecular formula is C26H34N4O2. The Hall–Kier alpha value is -3.15. The second kappa shape index (κ2) is 10.9. The van der Waals surface area contributed by atoms with Crippen molar-refractivity contribution in [2.45, 2.75) is 59.4 Å². The molecule has 0 aliphatic carbocycles. The molecule has 0 aliphatic heterocycles. The van der Waals surface area contributed by atoms with Crippen LogP contribution in [0.3, 0.4) is 0 Å². The summed E-state index contributed by atoms with van der Waals surface area (Å²) in [6.07, 6.45) is 3.68. The van der Waals surface area contributed by atoms with E-state index in [2.05, 4.69) is 12.2 Å². The number of aromatic nitrogens is 2. The SMILES string of the molecule is CCCCCN(C(=O)NCC)C(CC)c1nc2ccccc2c(=O)n1-c1ccc(C)cc1. The maximum atomic E-state index is 13.6. The van der Waals surface area contributed by atoms with Gasteiger partial charge in [0.15, 0.2) is 0 Å². The van der Waals surface area contributed by atoms with E-state index in [1.165, 1.54) is 0 Å². The van der Waals surface area contributed by atoms with Gasteiger partial charge >= 0.3 is 6.03 Å². The first-order valence-electron chi connectivity index (χ1n) is 11.6. The van der Waals surface area contributed by atoms with Crippen LogP contribution < -0.4 is 10.9 Å². The molecule has 0 saturated carbocycles. The largest absolute Gasteiger partial charge is 0.338 e. The van der Waals surface area contributed by atoms with Crippen LogP contribution in [0.5, 0.6) is 0 Å². The van der Waals surface area contributed by atoms with Gasteiger partial charge in [0.1, 0.15) is 5.82 Å². The van der Waals surface area contributed by atoms with Gasteiger partial charge in [-0.05, 0) is 51.0 Å². The molecule has 0 saturated heterocycles. The number of fused-ring (bicyclic) bond motifs is 1. The number of amides is 2. The highest BCUT2D eigenvalue weighted by atomic mass is 16.2. The Labute approximate surface area is 190 Å². The van der Waals surface area contributed by atoms with Gasteiger partial charge in [0.05, 0.1) is 22.6 Å². The minimum atomic E-state index is -0.322. The maximum absolute atomic E-state index is 13.6. The number of carbonyl (C=O) groups is 1. The third kappa shape index (κ3) is 5.01. The molecule has 2 aromatic carbocycles. The predicted octanol–water partition coefficient (Wildman–Crippen LogP) is 5.37. The first kappa shape index (κ1) is 23.5. The van der Waals surface area contributed by atoms with Crippen LogP contribution in [0.1, 0.15) is 63.9 Å². The third-order valence-electron chi connectivity index (χ3n) is 5.75. The predicted molar refractivity (Wildman–Crippen MR) is 130 cm³/mol. The van der Waals surface area contributed by atoms with Gasteiger partial charge in [-0.15, -0.1) is 0 Å². The van der Waals surface area contributed by atoms with Crippen LogP contribution in [0.15, 0.2) is 53.3 Å². The van der Waals surface area contributed by atoms with E-state index in [0.29, 0.717) is 36.2 Å². The molecule has 170 valence electrons. The Morgan fingerprint density at radius 2 is 1.78 bits per heavy atom. The Bertz CT molecular complexity index is 1110. The van der Waals surface area contributed by atoms with Gasteiger partial charge in [0.25, 0.3) is 5.56 Å². The van der Waals surface area contributed by atoms with Gasteiger partial charge in [0.2, 0.25) is 0 Å². The molecule has 3 rings (SSSR count). The van der Waals surface area contributed by atoms with E-state index in [1.807, 2.05) is 74.2 Å². The van der Waals surface area contributed by atoms with Crippen LogP contribution in [-0.2, 0) is 0 Å². The monoisotopic (exact) mass is 434 g/mol. The van der Waals surface area contributed by atoms with Crippen molar-refractivity contribution in [2.75, 3.05) is 13.1 Å². The molecule has 1 heterocycles. The molecule has 0 aliphatic rings.